The average molecular weight is 229 g/mol. The molecule has 0 aliphatic heterocycles. The molecule has 0 amide bonds. The fraction of sp³-hybridized carbons (Fsp3) is 0.818. The van der Waals surface area contributed by atoms with E-state index in [0.29, 0.717) is 6.61 Å². The minimum Gasteiger partial charge on any atom is -0.480 e. The Morgan fingerprint density at radius 3 is 2.50 bits per heavy atom. The molecule has 92 valence electrons. The van der Waals surface area contributed by atoms with Gasteiger partial charge in [-0.1, -0.05) is 13.3 Å². The van der Waals surface area contributed by atoms with Crippen LogP contribution in [0.3, 0.4) is 0 Å². The van der Waals surface area contributed by atoms with Crippen molar-refractivity contribution in [2.24, 2.45) is 23.5 Å². The minimum absolute atomic E-state index is 0.0788. The molecule has 0 aromatic rings. The molecule has 0 aromatic carbocycles. The maximum atomic E-state index is 11.6. The Kier molecular flexibility index (Phi) is 4.29. The van der Waals surface area contributed by atoms with Gasteiger partial charge in [0.05, 0.1) is 12.5 Å². The van der Waals surface area contributed by atoms with Crippen molar-refractivity contribution in [2.45, 2.75) is 32.7 Å². The third kappa shape index (κ3) is 2.52. The number of ether oxygens (including phenoxy) is 1. The van der Waals surface area contributed by atoms with Crippen molar-refractivity contribution in [3.8, 4) is 0 Å². The number of aliphatic carboxylic acids is 1. The van der Waals surface area contributed by atoms with Crippen LogP contribution >= 0.6 is 0 Å². The summed E-state index contributed by atoms with van der Waals surface area (Å²) >= 11 is 0. The third-order valence-corrected chi connectivity index (χ3v) is 3.11. The molecule has 0 spiro atoms. The summed E-state index contributed by atoms with van der Waals surface area (Å²) < 4.78 is 4.92. The van der Waals surface area contributed by atoms with E-state index in [1.165, 1.54) is 0 Å². The van der Waals surface area contributed by atoms with Gasteiger partial charge in [-0.3, -0.25) is 9.59 Å². The van der Waals surface area contributed by atoms with Gasteiger partial charge in [0.25, 0.3) is 0 Å². The molecule has 0 saturated heterocycles. The molecule has 0 aromatic heterocycles. The standard InChI is InChI=1S/C11H19NO4/c1-3-5-6-7(9(12)10(13)14)8(6)11(15)16-4-2/h6-9H,3-5,12H2,1-2H3,(H,13,14)/t6?,7?,8?,9-/m1/s1. The van der Waals surface area contributed by atoms with Crippen molar-refractivity contribution < 1.29 is 19.4 Å². The molecule has 1 aliphatic carbocycles. The Balaban J connectivity index is 2.62. The normalized spacial score (nSPS) is 29.6. The van der Waals surface area contributed by atoms with Gasteiger partial charge in [-0.05, 0) is 19.3 Å². The van der Waals surface area contributed by atoms with Crippen LogP contribution in [0.4, 0.5) is 0 Å². The number of hydrogen-bond acceptors (Lipinski definition) is 4. The first kappa shape index (κ1) is 13.0. The first-order valence-corrected chi connectivity index (χ1v) is 5.69. The van der Waals surface area contributed by atoms with Gasteiger partial charge in [0.2, 0.25) is 0 Å². The van der Waals surface area contributed by atoms with Crippen LogP contribution < -0.4 is 5.73 Å². The Labute approximate surface area is 95.0 Å². The van der Waals surface area contributed by atoms with E-state index in [1.54, 1.807) is 6.92 Å². The van der Waals surface area contributed by atoms with Crippen molar-refractivity contribution in [3.05, 3.63) is 0 Å². The van der Waals surface area contributed by atoms with Crippen LogP contribution in [0.1, 0.15) is 26.7 Å². The quantitative estimate of drug-likeness (QED) is 0.652. The minimum atomic E-state index is -1.04. The lowest BCUT2D eigenvalue weighted by Crippen LogP contribution is -2.34. The van der Waals surface area contributed by atoms with Crippen LogP contribution in [0.5, 0.6) is 0 Å². The Morgan fingerprint density at radius 1 is 1.44 bits per heavy atom. The summed E-state index contributed by atoms with van der Waals surface area (Å²) in [6.07, 6.45) is 1.75. The third-order valence-electron chi connectivity index (χ3n) is 3.11. The molecule has 0 heterocycles. The molecule has 1 aliphatic rings. The van der Waals surface area contributed by atoms with E-state index in [9.17, 15) is 9.59 Å². The van der Waals surface area contributed by atoms with Gasteiger partial charge >= 0.3 is 11.9 Å². The van der Waals surface area contributed by atoms with Gasteiger partial charge in [0.1, 0.15) is 6.04 Å². The first-order valence-electron chi connectivity index (χ1n) is 5.69. The molecule has 16 heavy (non-hydrogen) atoms. The summed E-state index contributed by atoms with van der Waals surface area (Å²) in [5.41, 5.74) is 5.56. The van der Waals surface area contributed by atoms with E-state index in [4.69, 9.17) is 15.6 Å². The van der Waals surface area contributed by atoms with Gasteiger partial charge in [-0.15, -0.1) is 0 Å². The van der Waals surface area contributed by atoms with Crippen molar-refractivity contribution in [1.82, 2.24) is 0 Å². The molecule has 5 nitrogen and oxygen atoms in total. The smallest absolute Gasteiger partial charge is 0.320 e. The molecule has 0 radical (unpaired) electrons. The zero-order chi connectivity index (χ0) is 12.3. The van der Waals surface area contributed by atoms with E-state index < -0.39 is 12.0 Å². The monoisotopic (exact) mass is 229 g/mol. The van der Waals surface area contributed by atoms with Crippen molar-refractivity contribution in [2.75, 3.05) is 6.61 Å². The largest absolute Gasteiger partial charge is 0.480 e. The van der Waals surface area contributed by atoms with E-state index in [-0.39, 0.29) is 23.7 Å². The van der Waals surface area contributed by atoms with Crippen LogP contribution in [0.25, 0.3) is 0 Å². The Hall–Kier alpha value is -1.10. The molecule has 1 rings (SSSR count). The predicted molar refractivity (Wildman–Crippen MR) is 57.6 cm³/mol. The molecule has 1 fully saturated rings. The topological polar surface area (TPSA) is 89.6 Å². The number of esters is 1. The number of carbonyl (C=O) groups is 2. The van der Waals surface area contributed by atoms with Crippen molar-refractivity contribution in [3.63, 3.8) is 0 Å². The fourth-order valence-corrected chi connectivity index (χ4v) is 2.33. The Bertz CT molecular complexity index is 279. The molecule has 5 heteroatoms. The van der Waals surface area contributed by atoms with Crippen LogP contribution in [0, 0.1) is 17.8 Å². The maximum absolute atomic E-state index is 11.6. The van der Waals surface area contributed by atoms with Gasteiger partial charge in [-0.2, -0.15) is 0 Å². The lowest BCUT2D eigenvalue weighted by molar-refractivity contribution is -0.145. The summed E-state index contributed by atoms with van der Waals surface area (Å²) in [4.78, 5) is 22.3. The van der Waals surface area contributed by atoms with Gasteiger partial charge in [0, 0.05) is 5.92 Å². The van der Waals surface area contributed by atoms with E-state index in [1.807, 2.05) is 6.92 Å². The fourth-order valence-electron chi connectivity index (χ4n) is 2.33. The number of rotatable bonds is 6. The highest BCUT2D eigenvalue weighted by Gasteiger charge is 2.59. The predicted octanol–water partition coefficient (Wildman–Crippen LogP) is 0.624. The summed E-state index contributed by atoms with van der Waals surface area (Å²) in [6, 6.07) is -0.953. The maximum Gasteiger partial charge on any atom is 0.320 e. The second-order valence-electron chi connectivity index (χ2n) is 4.17. The number of hydrogen-bond donors (Lipinski definition) is 2. The van der Waals surface area contributed by atoms with Crippen LogP contribution in [0.2, 0.25) is 0 Å². The van der Waals surface area contributed by atoms with Crippen molar-refractivity contribution in [1.29, 1.82) is 0 Å². The van der Waals surface area contributed by atoms with E-state index in [2.05, 4.69) is 0 Å². The molecular formula is C11H19NO4. The highest BCUT2D eigenvalue weighted by atomic mass is 16.5. The number of nitrogens with two attached hydrogens (primary N) is 1. The van der Waals surface area contributed by atoms with E-state index in [0.717, 1.165) is 12.8 Å². The molecular weight excluding hydrogens is 210 g/mol. The molecule has 1 saturated carbocycles. The van der Waals surface area contributed by atoms with Gasteiger partial charge < -0.3 is 15.6 Å². The first-order chi connectivity index (χ1) is 7.54. The summed E-state index contributed by atoms with van der Waals surface area (Å²) in [7, 11) is 0. The second-order valence-corrected chi connectivity index (χ2v) is 4.17. The molecule has 0 bridgehead atoms. The SMILES string of the molecule is CCCC1C(C(=O)OCC)C1[C@@H](N)C(=O)O. The number of carbonyl (C=O) groups excluding carboxylic acids is 1. The second kappa shape index (κ2) is 5.30. The summed E-state index contributed by atoms with van der Waals surface area (Å²) in [5.74, 6) is -1.83. The Morgan fingerprint density at radius 2 is 2.06 bits per heavy atom. The number of carboxylic acids is 1. The van der Waals surface area contributed by atoms with Crippen LogP contribution in [0.15, 0.2) is 0 Å². The van der Waals surface area contributed by atoms with Crippen molar-refractivity contribution >= 4 is 11.9 Å². The molecule has 3 unspecified atom stereocenters. The summed E-state index contributed by atoms with van der Waals surface area (Å²) in [5, 5.41) is 8.83. The lowest BCUT2D eigenvalue weighted by Gasteiger charge is -2.04. The summed E-state index contributed by atoms with van der Waals surface area (Å²) in [6.45, 7) is 4.06. The number of carboxylic acid groups (broad SMARTS) is 1. The lowest BCUT2D eigenvalue weighted by atomic mass is 10.1. The zero-order valence-electron chi connectivity index (χ0n) is 9.68. The highest BCUT2D eigenvalue weighted by Crippen LogP contribution is 2.51. The molecule has 3 N–H and O–H groups in total. The van der Waals surface area contributed by atoms with E-state index >= 15 is 0 Å². The van der Waals surface area contributed by atoms with Crippen LogP contribution in [-0.2, 0) is 14.3 Å². The van der Waals surface area contributed by atoms with Gasteiger partial charge in [0.15, 0.2) is 0 Å². The van der Waals surface area contributed by atoms with Crippen LogP contribution in [-0.4, -0.2) is 29.7 Å². The zero-order valence-corrected chi connectivity index (χ0v) is 9.68. The average Bonchev–Trinajstić information content (AvgIpc) is 2.92. The van der Waals surface area contributed by atoms with Gasteiger partial charge in [-0.25, -0.2) is 0 Å². The molecule has 4 atom stereocenters. The highest BCUT2D eigenvalue weighted by molar-refractivity contribution is 5.81.